The van der Waals surface area contributed by atoms with E-state index in [1.54, 1.807) is 10.6 Å². The maximum absolute atomic E-state index is 13.4. The van der Waals surface area contributed by atoms with E-state index >= 15 is 0 Å². The summed E-state index contributed by atoms with van der Waals surface area (Å²) >= 11 is 6.55. The molecule has 2 aromatic heterocycles. The summed E-state index contributed by atoms with van der Waals surface area (Å²) in [5.41, 5.74) is -0.934. The molecule has 1 aromatic carbocycles. The van der Waals surface area contributed by atoms with E-state index in [2.05, 4.69) is 10.3 Å². The van der Waals surface area contributed by atoms with Gasteiger partial charge in [0.15, 0.2) is 5.65 Å². The molecule has 2 aliphatic heterocycles. The van der Waals surface area contributed by atoms with Gasteiger partial charge in [0.25, 0.3) is 5.56 Å². The van der Waals surface area contributed by atoms with Crippen molar-refractivity contribution in [3.05, 3.63) is 57.7 Å². The molecule has 3 aromatic rings. The molecule has 13 heteroatoms. The van der Waals surface area contributed by atoms with Crippen molar-refractivity contribution in [2.45, 2.75) is 50.6 Å². The zero-order valence-corrected chi connectivity index (χ0v) is 23.2. The summed E-state index contributed by atoms with van der Waals surface area (Å²) in [5, 5.41) is 15.3. The van der Waals surface area contributed by atoms with Gasteiger partial charge in [-0.25, -0.2) is 4.98 Å². The maximum Gasteiger partial charge on any atom is 0.392 e. The highest BCUT2D eigenvalue weighted by Crippen LogP contribution is 2.61. The Hall–Kier alpha value is -2.93. The van der Waals surface area contributed by atoms with Gasteiger partial charge in [0.05, 0.1) is 48.1 Å². The van der Waals surface area contributed by atoms with Crippen LogP contribution in [-0.4, -0.2) is 74.7 Å². The third-order valence-electron chi connectivity index (χ3n) is 8.78. The molecule has 3 aliphatic rings. The Morgan fingerprint density at radius 2 is 1.95 bits per heavy atom. The number of hydrogen-bond acceptors (Lipinski definition) is 6. The zero-order valence-electron chi connectivity index (χ0n) is 22.5. The van der Waals surface area contributed by atoms with Gasteiger partial charge in [-0.15, -0.1) is 0 Å². The molecule has 0 radical (unpaired) electrons. The SMILES string of the molecule is CC1(C(=O)N2CCC(O)(Cn3cnc4c(cc(Cl)n4-c4ccc(C5COCCN5)cc4)c3=O)CC2)CC1C(F)(F)F. The van der Waals surface area contributed by atoms with Gasteiger partial charge in [-0.2, -0.15) is 13.2 Å². The molecule has 9 nitrogen and oxygen atoms in total. The second kappa shape index (κ2) is 10.1. The summed E-state index contributed by atoms with van der Waals surface area (Å²) in [5.74, 6) is -2.16. The molecule has 3 unspecified atom stereocenters. The number of nitrogens with zero attached hydrogens (tertiary/aromatic N) is 4. The number of halogens is 4. The summed E-state index contributed by atoms with van der Waals surface area (Å²) in [7, 11) is 0. The number of piperidine rings is 1. The maximum atomic E-state index is 13.4. The van der Waals surface area contributed by atoms with Gasteiger partial charge in [0.1, 0.15) is 11.5 Å². The van der Waals surface area contributed by atoms with E-state index in [-0.39, 0.29) is 50.5 Å². The Morgan fingerprint density at radius 3 is 2.56 bits per heavy atom. The highest BCUT2D eigenvalue weighted by atomic mass is 35.5. The van der Waals surface area contributed by atoms with Crippen molar-refractivity contribution in [2.24, 2.45) is 11.3 Å². The molecule has 2 saturated heterocycles. The van der Waals surface area contributed by atoms with Crippen molar-refractivity contribution in [3.8, 4) is 5.69 Å². The molecule has 4 heterocycles. The average Bonchev–Trinajstić information content (AvgIpc) is 3.56. The molecular weight excluding hydrogens is 563 g/mol. The quantitative estimate of drug-likeness (QED) is 0.470. The van der Waals surface area contributed by atoms with E-state index in [0.717, 1.165) is 17.8 Å². The number of amides is 1. The van der Waals surface area contributed by atoms with Crippen LogP contribution in [0.1, 0.15) is 37.8 Å². The summed E-state index contributed by atoms with van der Waals surface area (Å²) in [6.07, 6.45) is -2.99. The summed E-state index contributed by atoms with van der Waals surface area (Å²) < 4.78 is 47.9. The first-order chi connectivity index (χ1) is 19.4. The van der Waals surface area contributed by atoms with Crippen LogP contribution in [0.25, 0.3) is 16.7 Å². The van der Waals surface area contributed by atoms with Crippen LogP contribution < -0.4 is 10.9 Å². The molecule has 0 bridgehead atoms. The van der Waals surface area contributed by atoms with Crippen LogP contribution in [0.15, 0.2) is 41.5 Å². The minimum atomic E-state index is -4.40. The van der Waals surface area contributed by atoms with E-state index < -0.39 is 29.0 Å². The highest BCUT2D eigenvalue weighted by Gasteiger charge is 2.68. The average molecular weight is 594 g/mol. The highest BCUT2D eigenvalue weighted by molar-refractivity contribution is 6.31. The van der Waals surface area contributed by atoms with Crippen molar-refractivity contribution < 1.29 is 27.8 Å². The Balaban J connectivity index is 1.16. The Bertz CT molecular complexity index is 1520. The van der Waals surface area contributed by atoms with Gasteiger partial charge in [-0.1, -0.05) is 30.7 Å². The number of benzene rings is 1. The normalized spacial score (nSPS) is 26.3. The lowest BCUT2D eigenvalue weighted by molar-refractivity contribution is -0.165. The Morgan fingerprint density at radius 1 is 1.24 bits per heavy atom. The molecule has 0 spiro atoms. The van der Waals surface area contributed by atoms with E-state index in [9.17, 15) is 27.9 Å². The van der Waals surface area contributed by atoms with Crippen molar-refractivity contribution in [3.63, 3.8) is 0 Å². The number of hydrogen-bond donors (Lipinski definition) is 2. The smallest absolute Gasteiger partial charge is 0.388 e. The number of carbonyl (C=O) groups is 1. The lowest BCUT2D eigenvalue weighted by Crippen LogP contribution is -2.51. The van der Waals surface area contributed by atoms with Crippen LogP contribution in [0.2, 0.25) is 5.15 Å². The number of aromatic nitrogens is 3. The topological polar surface area (TPSA) is 102 Å². The number of likely N-dealkylation sites (tertiary alicyclic amines) is 1. The van der Waals surface area contributed by atoms with Gasteiger partial charge >= 0.3 is 6.18 Å². The standard InChI is InChI=1S/C28H31ClF3N5O4/c1-26(13-21(26)28(30,31)32)25(39)35-9-6-27(40,7-10-35)15-36-16-34-23-19(24(36)38)12-22(29)37(23)18-4-2-17(3-5-18)20-14-41-11-8-33-20/h2-5,12,16,20-21,33,40H,6-11,13-15H2,1H3. The number of rotatable bonds is 5. The van der Waals surface area contributed by atoms with E-state index in [1.807, 2.05) is 24.3 Å². The van der Waals surface area contributed by atoms with E-state index in [0.29, 0.717) is 29.4 Å². The van der Waals surface area contributed by atoms with E-state index in [1.165, 1.54) is 22.7 Å². The molecule has 1 amide bonds. The molecule has 41 heavy (non-hydrogen) atoms. The Kier molecular flexibility index (Phi) is 6.95. The minimum Gasteiger partial charge on any atom is -0.388 e. The Labute approximate surface area is 238 Å². The molecule has 1 saturated carbocycles. The van der Waals surface area contributed by atoms with Crippen molar-refractivity contribution >= 4 is 28.5 Å². The molecular formula is C28H31ClF3N5O4. The van der Waals surface area contributed by atoms with Crippen LogP contribution in [0, 0.1) is 11.3 Å². The largest absolute Gasteiger partial charge is 0.392 e. The first kappa shape index (κ1) is 28.2. The van der Waals surface area contributed by atoms with E-state index in [4.69, 9.17) is 16.3 Å². The molecule has 220 valence electrons. The second-order valence-corrected chi connectivity index (χ2v) is 12.0. The fraction of sp³-hybridized carbons (Fsp3) is 0.536. The van der Waals surface area contributed by atoms with Crippen LogP contribution >= 0.6 is 11.6 Å². The predicted octanol–water partition coefficient (Wildman–Crippen LogP) is 3.44. The molecule has 3 atom stereocenters. The second-order valence-electron chi connectivity index (χ2n) is 11.6. The minimum absolute atomic E-state index is 0.0623. The number of fused-ring (bicyclic) bond motifs is 1. The fourth-order valence-electron chi connectivity index (χ4n) is 6.12. The number of nitrogens with one attached hydrogen (secondary N) is 1. The van der Waals surface area contributed by atoms with Crippen LogP contribution in [0.3, 0.4) is 0 Å². The van der Waals surface area contributed by atoms with Crippen molar-refractivity contribution in [2.75, 3.05) is 32.8 Å². The fourth-order valence-corrected chi connectivity index (χ4v) is 6.41. The van der Waals surface area contributed by atoms with Gasteiger partial charge in [0.2, 0.25) is 5.91 Å². The summed E-state index contributed by atoms with van der Waals surface area (Å²) in [6.45, 7) is 3.57. The van der Waals surface area contributed by atoms with Crippen LogP contribution in [-0.2, 0) is 16.1 Å². The zero-order chi connectivity index (χ0) is 29.2. The third-order valence-corrected chi connectivity index (χ3v) is 9.06. The number of ether oxygens (including phenoxy) is 1. The molecule has 6 rings (SSSR count). The summed E-state index contributed by atoms with van der Waals surface area (Å²) in [6, 6.07) is 9.41. The summed E-state index contributed by atoms with van der Waals surface area (Å²) in [4.78, 5) is 32.1. The third kappa shape index (κ3) is 5.15. The number of carbonyl (C=O) groups excluding carboxylic acids is 1. The predicted molar refractivity (Wildman–Crippen MR) is 145 cm³/mol. The number of alkyl halides is 3. The van der Waals surface area contributed by atoms with Crippen molar-refractivity contribution in [1.82, 2.24) is 24.3 Å². The van der Waals surface area contributed by atoms with Gasteiger partial charge < -0.3 is 20.1 Å². The van der Waals surface area contributed by atoms with Gasteiger partial charge in [-0.3, -0.25) is 18.7 Å². The van der Waals surface area contributed by atoms with Crippen LogP contribution in [0.4, 0.5) is 13.2 Å². The molecule has 3 fully saturated rings. The molecule has 1 aliphatic carbocycles. The van der Waals surface area contributed by atoms with Gasteiger partial charge in [0, 0.05) is 25.3 Å². The lowest BCUT2D eigenvalue weighted by atomic mass is 9.90. The molecule has 2 N–H and O–H groups in total. The lowest BCUT2D eigenvalue weighted by Gasteiger charge is -2.39. The first-order valence-corrected chi connectivity index (χ1v) is 14.0. The number of aliphatic hydroxyl groups is 1. The van der Waals surface area contributed by atoms with Gasteiger partial charge in [-0.05, 0) is 43.0 Å². The first-order valence-electron chi connectivity index (χ1n) is 13.7. The monoisotopic (exact) mass is 593 g/mol. The van der Waals surface area contributed by atoms with Crippen molar-refractivity contribution in [1.29, 1.82) is 0 Å². The number of morpholine rings is 1. The van der Waals surface area contributed by atoms with Crippen LogP contribution in [0.5, 0.6) is 0 Å².